The second kappa shape index (κ2) is 6.26. The lowest BCUT2D eigenvalue weighted by molar-refractivity contribution is -0.121. The van der Waals surface area contributed by atoms with Gasteiger partial charge in [-0.15, -0.1) is 0 Å². The zero-order valence-electron chi connectivity index (χ0n) is 12.6. The molecule has 7 heteroatoms. The maximum absolute atomic E-state index is 12.0. The van der Waals surface area contributed by atoms with E-state index in [2.05, 4.69) is 10.6 Å². The van der Waals surface area contributed by atoms with Gasteiger partial charge in [0, 0.05) is 11.8 Å². The minimum absolute atomic E-state index is 0.0311. The van der Waals surface area contributed by atoms with Crippen molar-refractivity contribution in [3.63, 3.8) is 0 Å². The maximum atomic E-state index is 12.0. The Balaban J connectivity index is 2.81. The molecular weight excluding hydrogens is 292 g/mol. The van der Waals surface area contributed by atoms with Crippen LogP contribution in [0.1, 0.15) is 31.1 Å². The van der Waals surface area contributed by atoms with Gasteiger partial charge in [-0.1, -0.05) is 12.1 Å². The third-order valence-electron chi connectivity index (χ3n) is 2.46. The molecule has 0 bridgehead atoms. The number of rotatable bonds is 4. The molecule has 0 atom stereocenters. The van der Waals surface area contributed by atoms with Gasteiger partial charge in [-0.3, -0.25) is 9.59 Å². The molecule has 0 aromatic heterocycles. The Hall–Kier alpha value is -1.89. The third kappa shape index (κ3) is 5.55. The highest BCUT2D eigenvalue weighted by Crippen LogP contribution is 2.14. The van der Waals surface area contributed by atoms with Crippen LogP contribution in [-0.2, 0) is 14.6 Å². The van der Waals surface area contributed by atoms with Crippen LogP contribution in [0.5, 0.6) is 0 Å². The molecule has 0 aliphatic carbocycles. The van der Waals surface area contributed by atoms with Gasteiger partial charge in [0.1, 0.15) is 0 Å². The molecular formula is C14H20N2O4S. The van der Waals surface area contributed by atoms with Crippen molar-refractivity contribution in [3.8, 4) is 0 Å². The van der Waals surface area contributed by atoms with Crippen LogP contribution in [0.15, 0.2) is 29.2 Å². The van der Waals surface area contributed by atoms with Crippen LogP contribution < -0.4 is 10.6 Å². The number of benzene rings is 1. The first-order valence-corrected chi connectivity index (χ1v) is 8.28. The fraction of sp³-hybridized carbons (Fsp3) is 0.429. The summed E-state index contributed by atoms with van der Waals surface area (Å²) in [6.07, 6.45) is 1.03. The van der Waals surface area contributed by atoms with Gasteiger partial charge >= 0.3 is 0 Å². The van der Waals surface area contributed by atoms with Crippen LogP contribution in [0.3, 0.4) is 0 Å². The predicted octanol–water partition coefficient (Wildman–Crippen LogP) is 0.735. The molecule has 0 aliphatic rings. The van der Waals surface area contributed by atoms with Crippen molar-refractivity contribution in [2.75, 3.05) is 12.8 Å². The molecule has 2 N–H and O–H groups in total. The van der Waals surface area contributed by atoms with E-state index in [9.17, 15) is 18.0 Å². The number of carbonyl (C=O) groups is 2. The van der Waals surface area contributed by atoms with Gasteiger partial charge in [-0.25, -0.2) is 8.42 Å². The number of sulfone groups is 1. The van der Waals surface area contributed by atoms with Gasteiger partial charge in [0.15, 0.2) is 9.84 Å². The first-order chi connectivity index (χ1) is 9.50. The Labute approximate surface area is 124 Å². The number of hydrogen-bond acceptors (Lipinski definition) is 4. The van der Waals surface area contributed by atoms with Gasteiger partial charge in [0.2, 0.25) is 5.91 Å². The van der Waals surface area contributed by atoms with E-state index in [4.69, 9.17) is 0 Å². The SMILES string of the molecule is CC(C)(C)NC(=O)CNC(=O)c1ccccc1S(C)(=O)=O. The largest absolute Gasteiger partial charge is 0.350 e. The quantitative estimate of drug-likeness (QED) is 0.857. The Morgan fingerprint density at radius 3 is 2.24 bits per heavy atom. The van der Waals surface area contributed by atoms with Crippen LogP contribution >= 0.6 is 0 Å². The summed E-state index contributed by atoms with van der Waals surface area (Å²) in [7, 11) is -3.51. The monoisotopic (exact) mass is 312 g/mol. The van der Waals surface area contributed by atoms with Crippen LogP contribution in [0.4, 0.5) is 0 Å². The van der Waals surface area contributed by atoms with Gasteiger partial charge in [0.25, 0.3) is 5.91 Å². The van der Waals surface area contributed by atoms with Crippen molar-refractivity contribution in [2.45, 2.75) is 31.2 Å². The van der Waals surface area contributed by atoms with E-state index in [1.807, 2.05) is 20.8 Å². The Morgan fingerprint density at radius 1 is 1.14 bits per heavy atom. The zero-order valence-corrected chi connectivity index (χ0v) is 13.4. The van der Waals surface area contributed by atoms with E-state index in [0.29, 0.717) is 0 Å². The van der Waals surface area contributed by atoms with E-state index in [1.54, 1.807) is 12.1 Å². The summed E-state index contributed by atoms with van der Waals surface area (Å²) in [5, 5.41) is 5.12. The zero-order chi connectivity index (χ0) is 16.3. The number of amides is 2. The number of hydrogen-bond donors (Lipinski definition) is 2. The summed E-state index contributed by atoms with van der Waals surface area (Å²) in [5.74, 6) is -0.937. The number of nitrogens with one attached hydrogen (secondary N) is 2. The topological polar surface area (TPSA) is 92.3 Å². The second-order valence-electron chi connectivity index (χ2n) is 5.75. The van der Waals surface area contributed by atoms with Gasteiger partial charge in [-0.05, 0) is 32.9 Å². The third-order valence-corrected chi connectivity index (χ3v) is 3.61. The first-order valence-electron chi connectivity index (χ1n) is 6.39. The lowest BCUT2D eigenvalue weighted by Crippen LogP contribution is -2.45. The smallest absolute Gasteiger partial charge is 0.253 e. The average molecular weight is 312 g/mol. The molecule has 0 heterocycles. The molecule has 1 aromatic rings. The fourth-order valence-electron chi connectivity index (χ4n) is 1.70. The Kier molecular flexibility index (Phi) is 5.11. The second-order valence-corrected chi connectivity index (χ2v) is 7.73. The summed E-state index contributed by atoms with van der Waals surface area (Å²) >= 11 is 0. The molecule has 1 rings (SSSR count). The molecule has 0 radical (unpaired) electrons. The highest BCUT2D eigenvalue weighted by atomic mass is 32.2. The van der Waals surface area contributed by atoms with E-state index in [-0.39, 0.29) is 22.9 Å². The summed E-state index contributed by atoms with van der Waals surface area (Å²) in [6.45, 7) is 5.26. The molecule has 0 fully saturated rings. The first kappa shape index (κ1) is 17.2. The van der Waals surface area contributed by atoms with E-state index in [1.165, 1.54) is 12.1 Å². The maximum Gasteiger partial charge on any atom is 0.253 e. The van der Waals surface area contributed by atoms with Crippen molar-refractivity contribution in [3.05, 3.63) is 29.8 Å². The van der Waals surface area contributed by atoms with Crippen molar-refractivity contribution in [1.29, 1.82) is 0 Å². The van der Waals surface area contributed by atoms with Gasteiger partial charge in [-0.2, -0.15) is 0 Å². The predicted molar refractivity (Wildman–Crippen MR) is 79.8 cm³/mol. The fourth-order valence-corrected chi connectivity index (χ4v) is 2.58. The number of carbonyl (C=O) groups excluding carboxylic acids is 2. The van der Waals surface area contributed by atoms with Crippen molar-refractivity contribution < 1.29 is 18.0 Å². The van der Waals surface area contributed by atoms with Crippen LogP contribution in [-0.4, -0.2) is 38.6 Å². The van der Waals surface area contributed by atoms with E-state index < -0.39 is 21.3 Å². The molecule has 0 unspecified atom stereocenters. The molecule has 0 saturated heterocycles. The standard InChI is InChI=1S/C14H20N2O4S/c1-14(2,3)16-12(17)9-15-13(18)10-7-5-6-8-11(10)21(4,19)20/h5-8H,9H2,1-4H3,(H,15,18)(H,16,17). The summed E-state index contributed by atoms with van der Waals surface area (Å²) < 4.78 is 23.2. The molecule has 0 aliphatic heterocycles. The summed E-state index contributed by atoms with van der Waals surface area (Å²) in [5.41, 5.74) is -0.365. The molecule has 116 valence electrons. The van der Waals surface area contributed by atoms with Crippen molar-refractivity contribution >= 4 is 21.7 Å². The van der Waals surface area contributed by atoms with Crippen LogP contribution in [0.2, 0.25) is 0 Å². The lowest BCUT2D eigenvalue weighted by Gasteiger charge is -2.20. The molecule has 0 spiro atoms. The molecule has 1 aromatic carbocycles. The minimum atomic E-state index is -3.51. The highest BCUT2D eigenvalue weighted by Gasteiger charge is 2.19. The molecule has 2 amide bonds. The summed E-state index contributed by atoms with van der Waals surface area (Å²) in [6, 6.07) is 5.88. The minimum Gasteiger partial charge on any atom is -0.350 e. The van der Waals surface area contributed by atoms with E-state index >= 15 is 0 Å². The Morgan fingerprint density at radius 2 is 1.71 bits per heavy atom. The Bertz CT molecular complexity index is 645. The van der Waals surface area contributed by atoms with Crippen molar-refractivity contribution in [1.82, 2.24) is 10.6 Å². The van der Waals surface area contributed by atoms with Crippen LogP contribution in [0, 0.1) is 0 Å². The molecule has 21 heavy (non-hydrogen) atoms. The lowest BCUT2D eigenvalue weighted by atomic mass is 10.1. The highest BCUT2D eigenvalue weighted by molar-refractivity contribution is 7.90. The summed E-state index contributed by atoms with van der Waals surface area (Å²) in [4.78, 5) is 23.6. The van der Waals surface area contributed by atoms with E-state index in [0.717, 1.165) is 6.26 Å². The normalized spacial score (nSPS) is 11.8. The molecule has 0 saturated carbocycles. The van der Waals surface area contributed by atoms with Crippen LogP contribution in [0.25, 0.3) is 0 Å². The van der Waals surface area contributed by atoms with Gasteiger partial charge < -0.3 is 10.6 Å². The molecule has 6 nitrogen and oxygen atoms in total. The van der Waals surface area contributed by atoms with Crippen molar-refractivity contribution in [2.24, 2.45) is 0 Å². The van der Waals surface area contributed by atoms with Gasteiger partial charge in [0.05, 0.1) is 17.0 Å². The average Bonchev–Trinajstić information content (AvgIpc) is 2.33.